The molecule has 4 amide bonds. The zero-order valence-corrected chi connectivity index (χ0v) is 26.2. The molecule has 4 unspecified atom stereocenters. The summed E-state index contributed by atoms with van der Waals surface area (Å²) in [5.41, 5.74) is 11.1. The molecule has 0 saturated carbocycles. The molecule has 0 aromatic heterocycles. The lowest BCUT2D eigenvalue weighted by Gasteiger charge is -2.27. The van der Waals surface area contributed by atoms with E-state index in [0.29, 0.717) is 25.6 Å². The van der Waals surface area contributed by atoms with Crippen molar-refractivity contribution in [1.29, 1.82) is 0 Å². The first-order chi connectivity index (χ1) is 19.7. The van der Waals surface area contributed by atoms with Crippen molar-refractivity contribution in [3.05, 3.63) is 12.2 Å². The molecular formula is C33H58N4O4. The Bertz CT molecular complexity index is 858. The minimum Gasteiger partial charge on any atom is -0.330 e. The van der Waals surface area contributed by atoms with Crippen molar-refractivity contribution in [2.45, 2.75) is 117 Å². The van der Waals surface area contributed by atoms with Gasteiger partial charge in [-0.3, -0.25) is 29.0 Å². The minimum absolute atomic E-state index is 0.0981. The predicted molar refractivity (Wildman–Crippen MR) is 164 cm³/mol. The Balaban J connectivity index is 1.92. The van der Waals surface area contributed by atoms with E-state index in [1.165, 1.54) is 41.9 Å². The van der Waals surface area contributed by atoms with Crippen molar-refractivity contribution in [3.8, 4) is 0 Å². The van der Waals surface area contributed by atoms with E-state index in [2.05, 4.69) is 20.8 Å². The molecule has 2 aliphatic rings. The lowest BCUT2D eigenvalue weighted by molar-refractivity contribution is -0.141. The van der Waals surface area contributed by atoms with Crippen LogP contribution in [-0.4, -0.2) is 59.6 Å². The zero-order valence-electron chi connectivity index (χ0n) is 26.2. The average Bonchev–Trinajstić information content (AvgIpc) is 3.36. The standard InChI is InChI=1S/C33H58N4O4/c1-25(2)22-26(3)28(29-24-31(39)37(33(29)41)21-15-11-13-19-35)17-16-27-23-30(38)36(32(27)40)20-14-10-8-6-4-5-7-9-12-18-34/h16-17,25-29H,4-15,18-24,34-35H2,1-3H3. The summed E-state index contributed by atoms with van der Waals surface area (Å²) >= 11 is 0. The van der Waals surface area contributed by atoms with E-state index in [4.69, 9.17) is 11.5 Å². The number of nitrogens with two attached hydrogens (primary N) is 2. The van der Waals surface area contributed by atoms with Crippen molar-refractivity contribution < 1.29 is 19.2 Å². The molecule has 0 aromatic rings. The molecule has 41 heavy (non-hydrogen) atoms. The number of hydrogen-bond acceptors (Lipinski definition) is 6. The molecule has 4 atom stereocenters. The third kappa shape index (κ3) is 11.6. The van der Waals surface area contributed by atoms with Crippen molar-refractivity contribution in [3.63, 3.8) is 0 Å². The number of rotatable bonds is 22. The van der Waals surface area contributed by atoms with Gasteiger partial charge in [-0.25, -0.2) is 0 Å². The normalized spacial score (nSPS) is 21.3. The number of allylic oxidation sites excluding steroid dienone is 1. The van der Waals surface area contributed by atoms with Crippen LogP contribution in [0.5, 0.6) is 0 Å². The van der Waals surface area contributed by atoms with Crippen LogP contribution in [0.2, 0.25) is 0 Å². The van der Waals surface area contributed by atoms with Gasteiger partial charge in [-0.2, -0.15) is 0 Å². The number of unbranched alkanes of at least 4 members (excludes halogenated alkanes) is 10. The van der Waals surface area contributed by atoms with E-state index in [9.17, 15) is 19.2 Å². The maximum absolute atomic E-state index is 13.4. The van der Waals surface area contributed by atoms with Gasteiger partial charge in [0.1, 0.15) is 0 Å². The molecule has 0 aliphatic carbocycles. The molecule has 8 heteroatoms. The van der Waals surface area contributed by atoms with Crippen LogP contribution in [0.3, 0.4) is 0 Å². The summed E-state index contributed by atoms with van der Waals surface area (Å²) in [5, 5.41) is 0. The fourth-order valence-corrected chi connectivity index (χ4v) is 6.46. The molecule has 2 heterocycles. The van der Waals surface area contributed by atoms with Crippen molar-refractivity contribution >= 4 is 23.6 Å². The van der Waals surface area contributed by atoms with E-state index in [0.717, 1.165) is 57.9 Å². The highest BCUT2D eigenvalue weighted by Crippen LogP contribution is 2.36. The number of likely N-dealkylation sites (tertiary alicyclic amines) is 2. The first kappa shape index (κ1) is 35.1. The van der Waals surface area contributed by atoms with Crippen LogP contribution in [0.25, 0.3) is 0 Å². The summed E-state index contributed by atoms with van der Waals surface area (Å²) in [4.78, 5) is 54.8. The number of imide groups is 2. The number of nitrogens with zero attached hydrogens (tertiary/aromatic N) is 2. The van der Waals surface area contributed by atoms with Gasteiger partial charge in [-0.15, -0.1) is 0 Å². The molecule has 2 aliphatic heterocycles. The minimum atomic E-state index is -0.482. The molecule has 2 saturated heterocycles. The second kappa shape index (κ2) is 19.2. The zero-order chi connectivity index (χ0) is 30.2. The molecule has 2 fully saturated rings. The van der Waals surface area contributed by atoms with Gasteiger partial charge in [0.25, 0.3) is 0 Å². The Labute approximate surface area is 249 Å². The van der Waals surface area contributed by atoms with Gasteiger partial charge in [0.2, 0.25) is 23.6 Å². The van der Waals surface area contributed by atoms with E-state index in [1.807, 2.05) is 12.2 Å². The summed E-state index contributed by atoms with van der Waals surface area (Å²) in [7, 11) is 0. The van der Waals surface area contributed by atoms with E-state index in [1.54, 1.807) is 0 Å². The molecule has 234 valence electrons. The SMILES string of the molecule is CC(C)CC(C)C(C=CC1CC(=O)N(CCCCCCCCCCCN)C1=O)C1CC(=O)N(CCCCCN)C1=O. The quantitative estimate of drug-likeness (QED) is 0.104. The van der Waals surface area contributed by atoms with Gasteiger partial charge in [-0.1, -0.05) is 84.3 Å². The Morgan fingerprint density at radius 3 is 1.68 bits per heavy atom. The van der Waals surface area contributed by atoms with Gasteiger partial charge in [0.05, 0.1) is 11.8 Å². The number of hydrogen-bond donors (Lipinski definition) is 2. The van der Waals surface area contributed by atoms with Crippen LogP contribution >= 0.6 is 0 Å². The summed E-state index contributed by atoms with van der Waals surface area (Å²) in [5.74, 6) is -0.850. The highest BCUT2D eigenvalue weighted by Gasteiger charge is 2.44. The average molecular weight is 575 g/mol. The van der Waals surface area contributed by atoms with E-state index < -0.39 is 11.8 Å². The highest BCUT2D eigenvalue weighted by atomic mass is 16.2. The summed E-state index contributed by atoms with van der Waals surface area (Å²) < 4.78 is 0. The van der Waals surface area contributed by atoms with Crippen molar-refractivity contribution in [1.82, 2.24) is 9.80 Å². The number of carbonyl (C=O) groups excluding carboxylic acids is 4. The second-order valence-electron chi connectivity index (χ2n) is 12.8. The molecule has 4 N–H and O–H groups in total. The monoisotopic (exact) mass is 574 g/mol. The smallest absolute Gasteiger partial charge is 0.236 e. The molecular weight excluding hydrogens is 516 g/mol. The molecule has 0 radical (unpaired) electrons. The molecule has 8 nitrogen and oxygen atoms in total. The summed E-state index contributed by atoms with van der Waals surface area (Å²) in [6.45, 7) is 8.76. The lowest BCUT2D eigenvalue weighted by atomic mass is 9.77. The van der Waals surface area contributed by atoms with Crippen LogP contribution in [-0.2, 0) is 19.2 Å². The van der Waals surface area contributed by atoms with Gasteiger partial charge >= 0.3 is 0 Å². The van der Waals surface area contributed by atoms with Crippen LogP contribution in [0, 0.1) is 29.6 Å². The van der Waals surface area contributed by atoms with Crippen LogP contribution < -0.4 is 11.5 Å². The molecule has 0 bridgehead atoms. The number of carbonyl (C=O) groups is 4. The van der Waals surface area contributed by atoms with Gasteiger partial charge in [0.15, 0.2) is 0 Å². The van der Waals surface area contributed by atoms with Crippen molar-refractivity contribution in [2.75, 3.05) is 26.2 Å². The maximum atomic E-state index is 13.4. The number of amides is 4. The third-order valence-electron chi connectivity index (χ3n) is 8.76. The maximum Gasteiger partial charge on any atom is 0.236 e. The Morgan fingerprint density at radius 1 is 0.683 bits per heavy atom. The lowest BCUT2D eigenvalue weighted by Crippen LogP contribution is -2.34. The van der Waals surface area contributed by atoms with E-state index >= 15 is 0 Å². The van der Waals surface area contributed by atoms with Gasteiger partial charge in [-0.05, 0) is 62.9 Å². The van der Waals surface area contributed by atoms with Crippen LogP contribution in [0.15, 0.2) is 12.2 Å². The van der Waals surface area contributed by atoms with E-state index in [-0.39, 0.29) is 48.3 Å². The summed E-state index contributed by atoms with van der Waals surface area (Å²) in [6.07, 6.45) is 18.0. The largest absolute Gasteiger partial charge is 0.330 e. The summed E-state index contributed by atoms with van der Waals surface area (Å²) in [6, 6.07) is 0. The van der Waals surface area contributed by atoms with Gasteiger partial charge in [0, 0.05) is 25.9 Å². The second-order valence-corrected chi connectivity index (χ2v) is 12.8. The Morgan fingerprint density at radius 2 is 1.15 bits per heavy atom. The first-order valence-corrected chi connectivity index (χ1v) is 16.5. The Hall–Kier alpha value is -2.06. The fraction of sp³-hybridized carbons (Fsp3) is 0.818. The third-order valence-corrected chi connectivity index (χ3v) is 8.76. The predicted octanol–water partition coefficient (Wildman–Crippen LogP) is 5.19. The first-order valence-electron chi connectivity index (χ1n) is 16.5. The van der Waals surface area contributed by atoms with Crippen LogP contribution in [0.1, 0.15) is 117 Å². The fourth-order valence-electron chi connectivity index (χ4n) is 6.46. The van der Waals surface area contributed by atoms with Crippen molar-refractivity contribution in [2.24, 2.45) is 41.1 Å². The molecule has 0 spiro atoms. The molecule has 0 aromatic carbocycles. The van der Waals surface area contributed by atoms with Crippen LogP contribution in [0.4, 0.5) is 0 Å². The molecule has 2 rings (SSSR count). The Kier molecular flexibility index (Phi) is 16.4. The topological polar surface area (TPSA) is 127 Å². The van der Waals surface area contributed by atoms with Gasteiger partial charge < -0.3 is 11.5 Å². The highest BCUT2D eigenvalue weighted by molar-refractivity contribution is 6.05.